The van der Waals surface area contributed by atoms with Crippen molar-refractivity contribution in [2.24, 2.45) is 0 Å². The number of carbonyl (C=O) groups excluding carboxylic acids is 1. The Morgan fingerprint density at radius 1 is 1.19 bits per heavy atom. The van der Waals surface area contributed by atoms with Crippen LogP contribution in [0, 0.1) is 0 Å². The van der Waals surface area contributed by atoms with Gasteiger partial charge in [-0.05, 0) is 37.1 Å². The fourth-order valence-electron chi connectivity index (χ4n) is 3.36. The highest BCUT2D eigenvalue weighted by Crippen LogP contribution is 2.32. The van der Waals surface area contributed by atoms with Crippen LogP contribution in [0.3, 0.4) is 0 Å². The third-order valence-electron chi connectivity index (χ3n) is 4.75. The smallest absolute Gasteiger partial charge is 0.406 e. The molecule has 0 unspecified atom stereocenters. The predicted octanol–water partition coefficient (Wildman–Crippen LogP) is 4.88. The molecule has 31 heavy (non-hydrogen) atoms. The van der Waals surface area contributed by atoms with Crippen molar-refractivity contribution in [1.29, 1.82) is 0 Å². The number of hydrogen-bond donors (Lipinski definition) is 2. The highest BCUT2D eigenvalue weighted by atomic mass is 35.5. The summed E-state index contributed by atoms with van der Waals surface area (Å²) in [6.07, 6.45) is 0.371. The van der Waals surface area contributed by atoms with Crippen LogP contribution < -0.4 is 15.0 Å². The minimum atomic E-state index is -4.83. The molecule has 0 spiro atoms. The van der Waals surface area contributed by atoms with E-state index >= 15 is 0 Å². The molecule has 0 saturated carbocycles. The van der Waals surface area contributed by atoms with E-state index in [4.69, 9.17) is 11.6 Å². The number of rotatable bonds is 5. The van der Waals surface area contributed by atoms with Gasteiger partial charge in [-0.25, -0.2) is 4.98 Å². The number of alkyl halides is 3. The van der Waals surface area contributed by atoms with Gasteiger partial charge >= 0.3 is 6.36 Å². The van der Waals surface area contributed by atoms with Crippen molar-refractivity contribution in [3.63, 3.8) is 0 Å². The van der Waals surface area contributed by atoms with Crippen molar-refractivity contribution in [2.75, 3.05) is 23.3 Å². The number of anilines is 2. The van der Waals surface area contributed by atoms with Crippen LogP contribution in [0.25, 0.3) is 11.3 Å². The van der Waals surface area contributed by atoms with Gasteiger partial charge in [0.2, 0.25) is 0 Å². The summed E-state index contributed by atoms with van der Waals surface area (Å²) in [7, 11) is 0. The monoisotopic (exact) mass is 451 g/mol. The lowest BCUT2D eigenvalue weighted by Crippen LogP contribution is -2.21. The van der Waals surface area contributed by atoms with E-state index in [1.807, 2.05) is 0 Å². The maximum Gasteiger partial charge on any atom is 0.573 e. The quantitative estimate of drug-likeness (QED) is 0.578. The van der Waals surface area contributed by atoms with E-state index < -0.39 is 18.0 Å². The largest absolute Gasteiger partial charge is 0.573 e. The number of hydrogen-bond acceptors (Lipinski definition) is 5. The lowest BCUT2D eigenvalue weighted by atomic mass is 10.1. The lowest BCUT2D eigenvalue weighted by molar-refractivity contribution is -0.274. The van der Waals surface area contributed by atoms with Crippen molar-refractivity contribution in [2.45, 2.75) is 19.2 Å². The summed E-state index contributed by atoms with van der Waals surface area (Å²) >= 11 is 6.02. The summed E-state index contributed by atoms with van der Waals surface area (Å²) in [5.74, 6) is -0.230. The van der Waals surface area contributed by atoms with Crippen molar-refractivity contribution >= 4 is 29.0 Å². The number of nitrogens with one attached hydrogen (secondary N) is 2. The topological polar surface area (TPSA) is 83.1 Å². The minimum absolute atomic E-state index is 0.0921. The molecule has 3 heterocycles. The van der Waals surface area contributed by atoms with Gasteiger partial charge in [0.05, 0.1) is 22.0 Å². The second-order valence-corrected chi connectivity index (χ2v) is 7.31. The highest BCUT2D eigenvalue weighted by Gasteiger charge is 2.31. The fraction of sp³-hybridized carbons (Fsp3) is 0.250. The van der Waals surface area contributed by atoms with Crippen LogP contribution in [0.1, 0.15) is 23.2 Å². The van der Waals surface area contributed by atoms with E-state index in [0.717, 1.165) is 55.1 Å². The van der Waals surface area contributed by atoms with E-state index in [1.54, 1.807) is 18.3 Å². The summed E-state index contributed by atoms with van der Waals surface area (Å²) in [5, 5.41) is 9.36. The van der Waals surface area contributed by atoms with E-state index in [2.05, 4.69) is 30.1 Å². The molecule has 1 fully saturated rings. The molecular formula is C20H17ClF3N5O2. The molecule has 1 amide bonds. The van der Waals surface area contributed by atoms with Gasteiger partial charge < -0.3 is 15.0 Å². The zero-order chi connectivity index (χ0) is 22.0. The number of nitrogens with zero attached hydrogens (tertiary/aromatic N) is 3. The first-order chi connectivity index (χ1) is 14.8. The highest BCUT2D eigenvalue weighted by molar-refractivity contribution is 6.34. The Morgan fingerprint density at radius 2 is 1.97 bits per heavy atom. The van der Waals surface area contributed by atoms with Crippen LogP contribution in [-0.4, -0.2) is 40.5 Å². The Balaban J connectivity index is 1.58. The predicted molar refractivity (Wildman–Crippen MR) is 109 cm³/mol. The fourth-order valence-corrected chi connectivity index (χ4v) is 3.57. The second kappa shape index (κ2) is 8.46. The van der Waals surface area contributed by atoms with E-state index in [0.29, 0.717) is 0 Å². The Bertz CT molecular complexity index is 1080. The normalized spacial score (nSPS) is 14.0. The zero-order valence-corrected chi connectivity index (χ0v) is 16.8. The Morgan fingerprint density at radius 3 is 2.61 bits per heavy atom. The molecule has 3 aromatic rings. The van der Waals surface area contributed by atoms with Crippen LogP contribution in [-0.2, 0) is 0 Å². The summed E-state index contributed by atoms with van der Waals surface area (Å²) in [5.41, 5.74) is 1.86. The number of aromatic amines is 1. The van der Waals surface area contributed by atoms with E-state index in [9.17, 15) is 18.0 Å². The maximum absolute atomic E-state index is 12.8. The first kappa shape index (κ1) is 21.0. The van der Waals surface area contributed by atoms with E-state index in [1.165, 1.54) is 12.3 Å². The van der Waals surface area contributed by atoms with Crippen LogP contribution in [0.4, 0.5) is 24.7 Å². The maximum atomic E-state index is 12.8. The van der Waals surface area contributed by atoms with Crippen LogP contribution in [0.5, 0.6) is 5.75 Å². The Kier molecular flexibility index (Phi) is 5.73. The van der Waals surface area contributed by atoms with Gasteiger partial charge in [-0.1, -0.05) is 11.6 Å². The van der Waals surface area contributed by atoms with Gasteiger partial charge in [-0.15, -0.1) is 13.2 Å². The average molecular weight is 452 g/mol. The molecule has 2 aromatic heterocycles. The summed E-state index contributed by atoms with van der Waals surface area (Å²) in [6, 6.07) is 6.77. The SMILES string of the molecule is O=C(Nc1ccc(OC(F)(F)F)cc1Cl)c1cnc(N2CCCC2)c(-c2ccn[nH]2)c1. The molecule has 162 valence electrons. The minimum Gasteiger partial charge on any atom is -0.406 e. The van der Waals surface area contributed by atoms with Gasteiger partial charge in [0, 0.05) is 37.1 Å². The molecule has 1 aromatic carbocycles. The third kappa shape index (κ3) is 4.91. The van der Waals surface area contributed by atoms with Crippen LogP contribution in [0.2, 0.25) is 5.02 Å². The molecule has 0 aliphatic carbocycles. The van der Waals surface area contributed by atoms with Gasteiger partial charge in [-0.2, -0.15) is 5.10 Å². The number of aromatic nitrogens is 3. The zero-order valence-electron chi connectivity index (χ0n) is 16.0. The van der Waals surface area contributed by atoms with Crippen molar-refractivity contribution in [3.8, 4) is 17.0 Å². The number of carbonyl (C=O) groups is 1. The summed E-state index contributed by atoms with van der Waals surface area (Å²) < 4.78 is 40.9. The standard InChI is InChI=1S/C20H17ClF3N5O2/c21-15-10-13(31-20(22,23)24)3-4-17(15)27-19(30)12-9-14(16-5-6-26-28-16)18(25-11-12)29-7-1-2-8-29/h3-6,9-11H,1-2,7-8H2,(H,26,28)(H,27,30). The number of amides is 1. The molecule has 1 aliphatic rings. The number of pyridine rings is 1. The Hall–Kier alpha value is -3.27. The number of benzene rings is 1. The third-order valence-corrected chi connectivity index (χ3v) is 5.06. The van der Waals surface area contributed by atoms with Crippen molar-refractivity contribution < 1.29 is 22.7 Å². The molecule has 1 saturated heterocycles. The van der Waals surface area contributed by atoms with E-state index in [-0.39, 0.29) is 16.3 Å². The van der Waals surface area contributed by atoms with Gasteiger partial charge in [0.1, 0.15) is 11.6 Å². The van der Waals surface area contributed by atoms with Crippen LogP contribution in [0.15, 0.2) is 42.7 Å². The van der Waals surface area contributed by atoms with Crippen LogP contribution >= 0.6 is 11.6 Å². The van der Waals surface area contributed by atoms with Gasteiger partial charge in [0.15, 0.2) is 0 Å². The number of H-pyrrole nitrogens is 1. The molecule has 7 nitrogen and oxygen atoms in total. The Labute approximate surface area is 180 Å². The average Bonchev–Trinajstić information content (AvgIpc) is 3.42. The molecule has 2 N–H and O–H groups in total. The van der Waals surface area contributed by atoms with Crippen molar-refractivity contribution in [3.05, 3.63) is 53.3 Å². The molecule has 11 heteroatoms. The molecule has 0 bridgehead atoms. The van der Waals surface area contributed by atoms with Crippen molar-refractivity contribution in [1.82, 2.24) is 15.2 Å². The first-order valence-corrected chi connectivity index (χ1v) is 9.79. The number of halogens is 4. The molecular weight excluding hydrogens is 435 g/mol. The first-order valence-electron chi connectivity index (χ1n) is 9.41. The second-order valence-electron chi connectivity index (χ2n) is 6.90. The van der Waals surface area contributed by atoms with Gasteiger partial charge in [-0.3, -0.25) is 9.89 Å². The molecule has 0 radical (unpaired) electrons. The van der Waals surface area contributed by atoms with Gasteiger partial charge in [0.25, 0.3) is 5.91 Å². The molecule has 0 atom stereocenters. The molecule has 1 aliphatic heterocycles. The molecule has 4 rings (SSSR count). The summed E-state index contributed by atoms with van der Waals surface area (Å²) in [4.78, 5) is 19.4. The number of ether oxygens (including phenoxy) is 1. The summed E-state index contributed by atoms with van der Waals surface area (Å²) in [6.45, 7) is 1.75. The lowest BCUT2D eigenvalue weighted by Gasteiger charge is -2.20.